The van der Waals surface area contributed by atoms with E-state index in [2.05, 4.69) is 15.5 Å². The number of amides is 2. The van der Waals surface area contributed by atoms with Crippen molar-refractivity contribution in [2.24, 2.45) is 5.92 Å². The number of hydrogen-bond acceptors (Lipinski definition) is 3. The summed E-state index contributed by atoms with van der Waals surface area (Å²) in [4.78, 5) is 14.5. The predicted octanol–water partition coefficient (Wildman–Crippen LogP) is 4.46. The third-order valence-corrected chi connectivity index (χ3v) is 5.25. The molecule has 0 saturated carbocycles. The van der Waals surface area contributed by atoms with E-state index in [9.17, 15) is 9.18 Å². The number of benzene rings is 2. The first-order chi connectivity index (χ1) is 13.6. The molecule has 0 bridgehead atoms. The molecule has 1 saturated heterocycles. The summed E-state index contributed by atoms with van der Waals surface area (Å²) in [5.74, 6) is 0.883. The molecule has 0 aliphatic carbocycles. The molecule has 0 radical (unpaired) electrons. The Morgan fingerprint density at radius 3 is 2.82 bits per heavy atom. The summed E-state index contributed by atoms with van der Waals surface area (Å²) in [5, 5.41) is 6.92. The van der Waals surface area contributed by atoms with Gasteiger partial charge in [-0.25, -0.2) is 9.18 Å². The molecule has 1 aliphatic heterocycles. The molecule has 1 aliphatic rings. The van der Waals surface area contributed by atoms with Gasteiger partial charge in [-0.1, -0.05) is 18.2 Å². The van der Waals surface area contributed by atoms with Crippen molar-refractivity contribution in [2.75, 3.05) is 24.5 Å². The molecule has 0 spiro atoms. The molecule has 2 unspecified atom stereocenters. The number of fused-ring (bicyclic) bond motifs is 1. The highest BCUT2D eigenvalue weighted by atomic mass is 19.1. The first-order valence-electron chi connectivity index (χ1n) is 9.62. The van der Waals surface area contributed by atoms with Gasteiger partial charge >= 0.3 is 6.03 Å². The summed E-state index contributed by atoms with van der Waals surface area (Å²) in [6, 6.07) is 15.9. The van der Waals surface area contributed by atoms with Crippen LogP contribution in [0.15, 0.2) is 59.0 Å². The summed E-state index contributed by atoms with van der Waals surface area (Å²) in [7, 11) is 0. The number of furan rings is 1. The Bertz CT molecular complexity index is 921. The zero-order valence-electron chi connectivity index (χ0n) is 15.8. The van der Waals surface area contributed by atoms with E-state index in [1.165, 1.54) is 12.1 Å². The Labute approximate surface area is 163 Å². The molecule has 28 heavy (non-hydrogen) atoms. The molecule has 2 atom stereocenters. The lowest BCUT2D eigenvalue weighted by molar-refractivity contribution is 0.234. The van der Waals surface area contributed by atoms with E-state index in [1.54, 1.807) is 12.1 Å². The predicted molar refractivity (Wildman–Crippen MR) is 108 cm³/mol. The van der Waals surface area contributed by atoms with Crippen LogP contribution < -0.4 is 15.5 Å². The van der Waals surface area contributed by atoms with Gasteiger partial charge in [-0.2, -0.15) is 0 Å². The molecule has 146 valence electrons. The standard InChI is InChI=1S/C22H24FN3O2/c1-15(21-12-17-4-2-3-5-20(17)28-21)25-22(27)24-13-16-10-11-26(14-16)19-8-6-18(23)7-9-19/h2-9,12,15-16H,10-11,13-14H2,1H3,(H2,24,25,27). The number of halogens is 1. The third-order valence-electron chi connectivity index (χ3n) is 5.25. The maximum absolute atomic E-state index is 13.1. The van der Waals surface area contributed by atoms with Crippen LogP contribution in [0, 0.1) is 11.7 Å². The number of hydrogen-bond donors (Lipinski definition) is 2. The van der Waals surface area contributed by atoms with Crippen LogP contribution >= 0.6 is 0 Å². The number of rotatable bonds is 5. The second-order valence-electron chi connectivity index (χ2n) is 7.34. The largest absolute Gasteiger partial charge is 0.459 e. The third kappa shape index (κ3) is 4.11. The zero-order valence-corrected chi connectivity index (χ0v) is 15.8. The molecule has 4 rings (SSSR count). The van der Waals surface area contributed by atoms with Crippen molar-refractivity contribution in [2.45, 2.75) is 19.4 Å². The van der Waals surface area contributed by atoms with Gasteiger partial charge in [0.2, 0.25) is 0 Å². The zero-order chi connectivity index (χ0) is 19.5. The molecular formula is C22H24FN3O2. The number of anilines is 1. The van der Waals surface area contributed by atoms with E-state index in [0.717, 1.165) is 41.9 Å². The van der Waals surface area contributed by atoms with Gasteiger partial charge in [0.1, 0.15) is 17.2 Å². The second kappa shape index (κ2) is 7.92. The fourth-order valence-corrected chi connectivity index (χ4v) is 3.66. The summed E-state index contributed by atoms with van der Waals surface area (Å²) in [6.45, 7) is 4.28. The second-order valence-corrected chi connectivity index (χ2v) is 7.34. The summed E-state index contributed by atoms with van der Waals surface area (Å²) < 4.78 is 18.9. The van der Waals surface area contributed by atoms with Gasteiger partial charge in [0.15, 0.2) is 0 Å². The lowest BCUT2D eigenvalue weighted by Gasteiger charge is -2.19. The minimum Gasteiger partial charge on any atom is -0.459 e. The lowest BCUT2D eigenvalue weighted by Crippen LogP contribution is -2.39. The molecule has 3 aromatic rings. The van der Waals surface area contributed by atoms with Crippen molar-refractivity contribution < 1.29 is 13.6 Å². The Balaban J connectivity index is 1.26. The van der Waals surface area contributed by atoms with Gasteiger partial charge in [0.05, 0.1) is 6.04 Å². The molecule has 2 aromatic carbocycles. The van der Waals surface area contributed by atoms with Crippen molar-refractivity contribution in [1.29, 1.82) is 0 Å². The molecule has 6 heteroatoms. The molecule has 5 nitrogen and oxygen atoms in total. The van der Waals surface area contributed by atoms with Crippen LogP contribution in [0.25, 0.3) is 11.0 Å². The highest BCUT2D eigenvalue weighted by Crippen LogP contribution is 2.24. The van der Waals surface area contributed by atoms with Gasteiger partial charge < -0.3 is 20.0 Å². The van der Waals surface area contributed by atoms with Gasteiger partial charge in [-0.05, 0) is 55.7 Å². The Morgan fingerprint density at radius 2 is 2.04 bits per heavy atom. The van der Waals surface area contributed by atoms with Crippen LogP contribution in [0.2, 0.25) is 0 Å². The average molecular weight is 381 g/mol. The van der Waals surface area contributed by atoms with Crippen LogP contribution in [0.1, 0.15) is 25.1 Å². The van der Waals surface area contributed by atoms with Gasteiger partial charge in [0.25, 0.3) is 0 Å². The topological polar surface area (TPSA) is 57.5 Å². The monoisotopic (exact) mass is 381 g/mol. The minimum absolute atomic E-state index is 0.201. The van der Waals surface area contributed by atoms with Crippen LogP contribution in [0.5, 0.6) is 0 Å². The number of carbonyl (C=O) groups excluding carboxylic acids is 1. The molecule has 2 heterocycles. The SMILES string of the molecule is CC(NC(=O)NCC1CCN(c2ccc(F)cc2)C1)c1cc2ccccc2o1. The van der Waals surface area contributed by atoms with E-state index < -0.39 is 0 Å². The molecule has 1 aromatic heterocycles. The summed E-state index contributed by atoms with van der Waals surface area (Å²) in [5.41, 5.74) is 1.84. The van der Waals surface area contributed by atoms with E-state index in [0.29, 0.717) is 12.5 Å². The summed E-state index contributed by atoms with van der Waals surface area (Å²) >= 11 is 0. The number of nitrogens with one attached hydrogen (secondary N) is 2. The fraction of sp³-hybridized carbons (Fsp3) is 0.318. The minimum atomic E-state index is -0.226. The first-order valence-corrected chi connectivity index (χ1v) is 9.62. The van der Waals surface area contributed by atoms with Crippen LogP contribution in [-0.2, 0) is 0 Å². The fourth-order valence-electron chi connectivity index (χ4n) is 3.66. The highest BCUT2D eigenvalue weighted by Gasteiger charge is 2.23. The number of nitrogens with zero attached hydrogens (tertiary/aromatic N) is 1. The normalized spacial score (nSPS) is 17.6. The molecule has 2 amide bonds. The summed E-state index contributed by atoms with van der Waals surface area (Å²) in [6.07, 6.45) is 0.997. The van der Waals surface area contributed by atoms with Crippen molar-refractivity contribution in [1.82, 2.24) is 10.6 Å². The number of urea groups is 1. The maximum atomic E-state index is 13.1. The molecular weight excluding hydrogens is 357 g/mol. The van der Waals surface area contributed by atoms with Crippen LogP contribution in [-0.4, -0.2) is 25.7 Å². The van der Waals surface area contributed by atoms with Crippen molar-refractivity contribution in [3.63, 3.8) is 0 Å². The quantitative estimate of drug-likeness (QED) is 0.686. The maximum Gasteiger partial charge on any atom is 0.315 e. The van der Waals surface area contributed by atoms with Gasteiger partial charge in [0, 0.05) is 30.7 Å². The molecule has 2 N–H and O–H groups in total. The highest BCUT2D eigenvalue weighted by molar-refractivity contribution is 5.78. The smallest absolute Gasteiger partial charge is 0.315 e. The van der Waals surface area contributed by atoms with Crippen molar-refractivity contribution >= 4 is 22.7 Å². The molecule has 1 fully saturated rings. The Kier molecular flexibility index (Phi) is 5.19. The van der Waals surface area contributed by atoms with Crippen LogP contribution in [0.4, 0.5) is 14.9 Å². The van der Waals surface area contributed by atoms with Crippen LogP contribution in [0.3, 0.4) is 0 Å². The van der Waals surface area contributed by atoms with E-state index in [1.807, 2.05) is 37.3 Å². The first kappa shape index (κ1) is 18.3. The lowest BCUT2D eigenvalue weighted by atomic mass is 10.1. The van der Waals surface area contributed by atoms with E-state index >= 15 is 0 Å². The van der Waals surface area contributed by atoms with Crippen molar-refractivity contribution in [3.05, 3.63) is 66.2 Å². The van der Waals surface area contributed by atoms with Gasteiger partial charge in [-0.15, -0.1) is 0 Å². The van der Waals surface area contributed by atoms with Crippen molar-refractivity contribution in [3.8, 4) is 0 Å². The number of para-hydroxylation sites is 1. The number of carbonyl (C=O) groups is 1. The Hall–Kier alpha value is -3.02. The Morgan fingerprint density at radius 1 is 1.25 bits per heavy atom. The van der Waals surface area contributed by atoms with E-state index in [4.69, 9.17) is 4.42 Å². The van der Waals surface area contributed by atoms with Gasteiger partial charge in [-0.3, -0.25) is 0 Å². The average Bonchev–Trinajstić information content (AvgIpc) is 3.34. The van der Waals surface area contributed by atoms with E-state index in [-0.39, 0.29) is 17.9 Å².